The van der Waals surface area contributed by atoms with Gasteiger partial charge in [0.1, 0.15) is 5.75 Å². The average Bonchev–Trinajstić information content (AvgIpc) is 2.41. The van der Waals surface area contributed by atoms with Gasteiger partial charge < -0.3 is 10.1 Å². The topological polar surface area (TPSA) is 55.4 Å². The van der Waals surface area contributed by atoms with Gasteiger partial charge in [-0.1, -0.05) is 24.3 Å². The second-order valence-electron chi connectivity index (χ2n) is 4.02. The van der Waals surface area contributed by atoms with Gasteiger partial charge in [0.15, 0.2) is 0 Å². The summed E-state index contributed by atoms with van der Waals surface area (Å²) in [6.45, 7) is 1.29. The highest BCUT2D eigenvalue weighted by atomic mass is 79.9. The minimum absolute atomic E-state index is 0.240. The summed E-state index contributed by atoms with van der Waals surface area (Å²) in [4.78, 5) is 23.3. The number of amides is 1. The quantitative estimate of drug-likeness (QED) is 0.689. The fraction of sp³-hybridized carbons (Fsp3) is 0.0667. The van der Waals surface area contributed by atoms with Crippen LogP contribution in [0.1, 0.15) is 17.3 Å². The number of nitrogens with one attached hydrogen (secondary N) is 1. The molecule has 2 rings (SSSR count). The third-order valence-corrected chi connectivity index (χ3v) is 3.20. The average molecular weight is 334 g/mol. The normalized spacial score (nSPS) is 9.90. The van der Waals surface area contributed by atoms with Gasteiger partial charge in [-0.2, -0.15) is 0 Å². The van der Waals surface area contributed by atoms with Crippen molar-refractivity contribution in [2.24, 2.45) is 0 Å². The number of para-hydroxylation sites is 2. The van der Waals surface area contributed by atoms with E-state index in [0.717, 1.165) is 4.47 Å². The Bertz CT molecular complexity index is 655. The molecule has 0 bridgehead atoms. The first-order valence-electron chi connectivity index (χ1n) is 5.91. The van der Waals surface area contributed by atoms with E-state index in [2.05, 4.69) is 21.2 Å². The summed E-state index contributed by atoms with van der Waals surface area (Å²) in [5.41, 5.74) is 0.952. The van der Waals surface area contributed by atoms with Crippen molar-refractivity contribution >= 4 is 33.5 Å². The van der Waals surface area contributed by atoms with Crippen LogP contribution in [-0.4, -0.2) is 11.9 Å². The molecule has 0 aliphatic carbocycles. The highest BCUT2D eigenvalue weighted by molar-refractivity contribution is 9.10. The van der Waals surface area contributed by atoms with Crippen molar-refractivity contribution < 1.29 is 14.3 Å². The highest BCUT2D eigenvalue weighted by Crippen LogP contribution is 2.24. The molecule has 5 heteroatoms. The van der Waals surface area contributed by atoms with E-state index in [9.17, 15) is 9.59 Å². The zero-order chi connectivity index (χ0) is 14.5. The molecule has 0 unspecified atom stereocenters. The van der Waals surface area contributed by atoms with Crippen LogP contribution >= 0.6 is 15.9 Å². The molecular weight excluding hydrogens is 322 g/mol. The Morgan fingerprint density at radius 1 is 1.05 bits per heavy atom. The molecule has 0 saturated carbocycles. The number of benzene rings is 2. The van der Waals surface area contributed by atoms with Gasteiger partial charge in [-0.3, -0.25) is 9.59 Å². The molecule has 0 aliphatic rings. The van der Waals surface area contributed by atoms with Crippen LogP contribution in [0.2, 0.25) is 0 Å². The fourth-order valence-corrected chi connectivity index (χ4v) is 2.03. The first kappa shape index (κ1) is 14.3. The molecule has 4 nitrogen and oxygen atoms in total. The number of anilines is 1. The Kier molecular flexibility index (Phi) is 4.53. The first-order valence-corrected chi connectivity index (χ1v) is 6.70. The second-order valence-corrected chi connectivity index (χ2v) is 4.88. The minimum Gasteiger partial charge on any atom is -0.426 e. The lowest BCUT2D eigenvalue weighted by Gasteiger charge is -2.10. The number of carbonyl (C=O) groups excluding carboxylic acids is 2. The molecule has 102 valence electrons. The van der Waals surface area contributed by atoms with Crippen molar-refractivity contribution in [2.45, 2.75) is 6.92 Å². The van der Waals surface area contributed by atoms with Gasteiger partial charge in [-0.25, -0.2) is 0 Å². The van der Waals surface area contributed by atoms with E-state index in [1.165, 1.54) is 6.92 Å². The van der Waals surface area contributed by atoms with E-state index in [0.29, 0.717) is 11.3 Å². The lowest BCUT2D eigenvalue weighted by molar-refractivity contribution is -0.131. The van der Waals surface area contributed by atoms with Gasteiger partial charge in [0.2, 0.25) is 0 Å². The van der Waals surface area contributed by atoms with Crippen molar-refractivity contribution in [1.29, 1.82) is 0 Å². The fourth-order valence-electron chi connectivity index (χ4n) is 1.65. The number of rotatable bonds is 3. The molecule has 20 heavy (non-hydrogen) atoms. The largest absolute Gasteiger partial charge is 0.426 e. The van der Waals surface area contributed by atoms with Crippen LogP contribution in [0.25, 0.3) is 0 Å². The van der Waals surface area contributed by atoms with Gasteiger partial charge >= 0.3 is 5.97 Å². The van der Waals surface area contributed by atoms with E-state index in [1.807, 2.05) is 18.2 Å². The van der Waals surface area contributed by atoms with E-state index in [4.69, 9.17) is 4.74 Å². The van der Waals surface area contributed by atoms with E-state index in [1.54, 1.807) is 30.3 Å². The van der Waals surface area contributed by atoms with Crippen molar-refractivity contribution in [2.75, 3.05) is 5.32 Å². The van der Waals surface area contributed by atoms with Crippen LogP contribution in [0.5, 0.6) is 5.75 Å². The van der Waals surface area contributed by atoms with Crippen LogP contribution in [0, 0.1) is 0 Å². The third-order valence-electron chi connectivity index (χ3n) is 2.51. The van der Waals surface area contributed by atoms with Gasteiger partial charge in [0.05, 0.1) is 11.3 Å². The van der Waals surface area contributed by atoms with Crippen LogP contribution < -0.4 is 10.1 Å². The molecule has 1 amide bonds. The summed E-state index contributed by atoms with van der Waals surface area (Å²) in [7, 11) is 0. The van der Waals surface area contributed by atoms with Gasteiger partial charge in [0.25, 0.3) is 5.91 Å². The first-order chi connectivity index (χ1) is 9.58. The molecular formula is C15H12BrNO3. The number of hydrogen-bond acceptors (Lipinski definition) is 3. The summed E-state index contributed by atoms with van der Waals surface area (Å²) in [6, 6.07) is 13.9. The standard InChI is InChI=1S/C15H12BrNO3/c1-10(18)20-14-9-5-2-6-11(14)15(19)17-13-8-4-3-7-12(13)16/h2-9H,1H3,(H,17,19). The Hall–Kier alpha value is -2.14. The van der Waals surface area contributed by atoms with Crippen molar-refractivity contribution in [1.82, 2.24) is 0 Å². The maximum atomic E-state index is 12.2. The Morgan fingerprint density at radius 2 is 1.70 bits per heavy atom. The Labute approximate surface area is 124 Å². The van der Waals surface area contributed by atoms with Crippen molar-refractivity contribution in [3.63, 3.8) is 0 Å². The van der Waals surface area contributed by atoms with E-state index >= 15 is 0 Å². The molecule has 2 aromatic rings. The number of esters is 1. The van der Waals surface area contributed by atoms with Crippen molar-refractivity contribution in [3.8, 4) is 5.75 Å². The smallest absolute Gasteiger partial charge is 0.308 e. The Morgan fingerprint density at radius 3 is 2.40 bits per heavy atom. The van der Waals surface area contributed by atoms with Crippen LogP contribution in [0.3, 0.4) is 0 Å². The molecule has 0 fully saturated rings. The molecule has 0 spiro atoms. The number of carbonyl (C=O) groups is 2. The van der Waals surface area contributed by atoms with Gasteiger partial charge in [0, 0.05) is 11.4 Å². The maximum absolute atomic E-state index is 12.2. The lowest BCUT2D eigenvalue weighted by atomic mass is 10.2. The van der Waals surface area contributed by atoms with E-state index in [-0.39, 0.29) is 11.7 Å². The second kappa shape index (κ2) is 6.34. The van der Waals surface area contributed by atoms with Crippen molar-refractivity contribution in [3.05, 3.63) is 58.6 Å². The summed E-state index contributed by atoms with van der Waals surface area (Å²) in [5.74, 6) is -0.565. The molecule has 0 radical (unpaired) electrons. The van der Waals surface area contributed by atoms with Crippen LogP contribution in [0.15, 0.2) is 53.0 Å². The molecule has 0 aromatic heterocycles. The summed E-state index contributed by atoms with van der Waals surface area (Å²) >= 11 is 3.36. The third kappa shape index (κ3) is 3.45. The number of hydrogen-bond donors (Lipinski definition) is 1. The monoisotopic (exact) mass is 333 g/mol. The van der Waals surface area contributed by atoms with Crippen LogP contribution in [-0.2, 0) is 4.79 Å². The number of halogens is 1. The van der Waals surface area contributed by atoms with Gasteiger partial charge in [-0.15, -0.1) is 0 Å². The zero-order valence-electron chi connectivity index (χ0n) is 10.7. The molecule has 2 aromatic carbocycles. The Balaban J connectivity index is 2.26. The molecule has 0 heterocycles. The molecule has 1 N–H and O–H groups in total. The predicted octanol–water partition coefficient (Wildman–Crippen LogP) is 3.63. The molecule has 0 aliphatic heterocycles. The SMILES string of the molecule is CC(=O)Oc1ccccc1C(=O)Nc1ccccc1Br. The summed E-state index contributed by atoms with van der Waals surface area (Å²) in [5, 5.41) is 2.76. The molecule has 0 atom stereocenters. The van der Waals surface area contributed by atoms with Crippen LogP contribution in [0.4, 0.5) is 5.69 Å². The zero-order valence-corrected chi connectivity index (χ0v) is 12.3. The lowest BCUT2D eigenvalue weighted by Crippen LogP contribution is -2.15. The minimum atomic E-state index is -0.467. The summed E-state index contributed by atoms with van der Waals surface area (Å²) in [6.07, 6.45) is 0. The highest BCUT2D eigenvalue weighted by Gasteiger charge is 2.14. The number of ether oxygens (including phenoxy) is 1. The van der Waals surface area contributed by atoms with E-state index < -0.39 is 5.97 Å². The maximum Gasteiger partial charge on any atom is 0.308 e. The summed E-state index contributed by atoms with van der Waals surface area (Å²) < 4.78 is 5.80. The predicted molar refractivity (Wildman–Crippen MR) is 79.8 cm³/mol. The molecule has 0 saturated heterocycles. The van der Waals surface area contributed by atoms with Gasteiger partial charge in [-0.05, 0) is 40.2 Å².